The molecule has 2 aliphatic rings. The third-order valence-corrected chi connectivity index (χ3v) is 7.36. The van der Waals surface area contributed by atoms with Gasteiger partial charge in [0.05, 0.1) is 26.3 Å². The summed E-state index contributed by atoms with van der Waals surface area (Å²) >= 11 is 0. The second kappa shape index (κ2) is 10.3. The quantitative estimate of drug-likeness (QED) is 0.468. The van der Waals surface area contributed by atoms with Crippen LogP contribution in [0.1, 0.15) is 62.4 Å². The highest BCUT2D eigenvalue weighted by atomic mass is 16.5. The van der Waals surface area contributed by atoms with Crippen molar-refractivity contribution in [1.82, 2.24) is 14.8 Å². The second-order valence-electron chi connectivity index (χ2n) is 9.59. The van der Waals surface area contributed by atoms with Gasteiger partial charge in [-0.2, -0.15) is 0 Å². The zero-order valence-electron chi connectivity index (χ0n) is 20.8. The molecule has 1 fully saturated rings. The number of ether oxygens (including phenoxy) is 3. The smallest absolute Gasteiger partial charge is 0.271 e. The molecule has 8 heteroatoms. The maximum atomic E-state index is 13.8. The summed E-state index contributed by atoms with van der Waals surface area (Å²) in [6, 6.07) is 5.68. The molecule has 0 radical (unpaired) electrons. The number of hydrogen-bond donors (Lipinski definition) is 1. The third-order valence-electron chi connectivity index (χ3n) is 7.36. The fraction of sp³-hybridized carbons (Fsp3) is 0.615. The molecule has 2 amide bonds. The minimum atomic E-state index is -1.04. The number of amides is 2. The van der Waals surface area contributed by atoms with E-state index in [0.717, 1.165) is 36.6 Å². The molecule has 1 aromatic carbocycles. The Kier molecular flexibility index (Phi) is 7.36. The first-order chi connectivity index (χ1) is 16.4. The molecule has 0 spiro atoms. The zero-order chi connectivity index (χ0) is 24.3. The minimum absolute atomic E-state index is 0.0977. The van der Waals surface area contributed by atoms with Crippen molar-refractivity contribution in [3.63, 3.8) is 0 Å². The van der Waals surface area contributed by atoms with E-state index in [1.54, 1.807) is 26.2 Å². The second-order valence-corrected chi connectivity index (χ2v) is 9.59. The van der Waals surface area contributed by atoms with Gasteiger partial charge in [0.15, 0.2) is 0 Å². The molecule has 0 bridgehead atoms. The Bertz CT molecular complexity index is 1040. The van der Waals surface area contributed by atoms with Crippen LogP contribution in [0.2, 0.25) is 0 Å². The highest BCUT2D eigenvalue weighted by molar-refractivity contribution is 6.05. The fourth-order valence-electron chi connectivity index (χ4n) is 5.44. The topological polar surface area (TPSA) is 82.0 Å². The molecule has 1 aliphatic carbocycles. The van der Waals surface area contributed by atoms with E-state index in [1.807, 2.05) is 29.7 Å². The van der Waals surface area contributed by atoms with E-state index < -0.39 is 5.54 Å². The van der Waals surface area contributed by atoms with Crippen molar-refractivity contribution in [2.24, 2.45) is 0 Å². The number of benzene rings is 1. The third kappa shape index (κ3) is 4.35. The van der Waals surface area contributed by atoms with Gasteiger partial charge in [-0.3, -0.25) is 9.59 Å². The van der Waals surface area contributed by atoms with E-state index >= 15 is 0 Å². The van der Waals surface area contributed by atoms with Gasteiger partial charge in [-0.1, -0.05) is 25.7 Å². The predicted octanol–water partition coefficient (Wildman–Crippen LogP) is 3.75. The SMILES string of the molecule is COCCCN1C(=O)c2cc3c(OC)ccc(OC)c3n2C[C@]1(C)C(=O)NC1CCCCCC1. The maximum Gasteiger partial charge on any atom is 0.271 e. The molecule has 1 saturated carbocycles. The fourth-order valence-corrected chi connectivity index (χ4v) is 5.44. The average molecular weight is 472 g/mol. The minimum Gasteiger partial charge on any atom is -0.496 e. The van der Waals surface area contributed by atoms with Crippen molar-refractivity contribution in [3.8, 4) is 11.5 Å². The molecule has 1 aromatic heterocycles. The van der Waals surface area contributed by atoms with Gasteiger partial charge in [0.1, 0.15) is 22.7 Å². The van der Waals surface area contributed by atoms with E-state index in [1.165, 1.54) is 12.8 Å². The van der Waals surface area contributed by atoms with Crippen molar-refractivity contribution in [1.29, 1.82) is 0 Å². The molecule has 1 aliphatic heterocycles. The van der Waals surface area contributed by atoms with Crippen LogP contribution in [0.5, 0.6) is 11.5 Å². The Hall–Kier alpha value is -2.74. The highest BCUT2D eigenvalue weighted by Crippen LogP contribution is 2.40. The Labute approximate surface area is 201 Å². The molecule has 34 heavy (non-hydrogen) atoms. The molecule has 1 N–H and O–H groups in total. The maximum absolute atomic E-state index is 13.8. The Morgan fingerprint density at radius 2 is 1.76 bits per heavy atom. The lowest BCUT2D eigenvalue weighted by atomic mass is 9.93. The largest absolute Gasteiger partial charge is 0.496 e. The summed E-state index contributed by atoms with van der Waals surface area (Å²) in [5.41, 5.74) is 0.273. The van der Waals surface area contributed by atoms with Crippen LogP contribution in [0.4, 0.5) is 0 Å². The lowest BCUT2D eigenvalue weighted by Crippen LogP contribution is -2.65. The molecular formula is C26H37N3O5. The summed E-state index contributed by atoms with van der Waals surface area (Å²) in [7, 11) is 4.87. The van der Waals surface area contributed by atoms with Crippen LogP contribution in [0, 0.1) is 0 Å². The molecule has 0 saturated heterocycles. The van der Waals surface area contributed by atoms with Gasteiger partial charge in [-0.15, -0.1) is 0 Å². The van der Waals surface area contributed by atoms with E-state index in [4.69, 9.17) is 14.2 Å². The highest BCUT2D eigenvalue weighted by Gasteiger charge is 2.48. The van der Waals surface area contributed by atoms with Crippen molar-refractivity contribution in [2.75, 3.05) is 34.5 Å². The first kappa shape index (κ1) is 24.4. The molecule has 4 rings (SSSR count). The van der Waals surface area contributed by atoms with Crippen molar-refractivity contribution < 1.29 is 23.8 Å². The molecule has 0 unspecified atom stereocenters. The predicted molar refractivity (Wildman–Crippen MR) is 131 cm³/mol. The number of nitrogens with zero attached hydrogens (tertiary/aromatic N) is 2. The van der Waals surface area contributed by atoms with Gasteiger partial charge >= 0.3 is 0 Å². The van der Waals surface area contributed by atoms with E-state index in [-0.39, 0.29) is 17.9 Å². The van der Waals surface area contributed by atoms with Crippen LogP contribution in [-0.4, -0.2) is 67.3 Å². The number of methoxy groups -OCH3 is 3. The van der Waals surface area contributed by atoms with Crippen LogP contribution in [0.15, 0.2) is 18.2 Å². The number of rotatable bonds is 8. The monoisotopic (exact) mass is 471 g/mol. The van der Waals surface area contributed by atoms with Gasteiger partial charge in [-0.25, -0.2) is 0 Å². The summed E-state index contributed by atoms with van der Waals surface area (Å²) in [6.07, 6.45) is 7.31. The lowest BCUT2D eigenvalue weighted by Gasteiger charge is -2.44. The summed E-state index contributed by atoms with van der Waals surface area (Å²) in [5, 5.41) is 4.10. The molecule has 186 valence electrons. The van der Waals surface area contributed by atoms with Gasteiger partial charge in [0, 0.05) is 31.7 Å². The average Bonchev–Trinajstić information content (AvgIpc) is 3.02. The van der Waals surface area contributed by atoms with Crippen LogP contribution >= 0.6 is 0 Å². The Morgan fingerprint density at radius 3 is 2.41 bits per heavy atom. The summed E-state index contributed by atoms with van der Waals surface area (Å²) < 4.78 is 18.4. The van der Waals surface area contributed by atoms with Crippen molar-refractivity contribution in [3.05, 3.63) is 23.9 Å². The molecular weight excluding hydrogens is 434 g/mol. The number of nitrogens with one attached hydrogen (secondary N) is 1. The number of fused-ring (bicyclic) bond motifs is 3. The Morgan fingerprint density at radius 1 is 1.09 bits per heavy atom. The van der Waals surface area contributed by atoms with Crippen molar-refractivity contribution >= 4 is 22.7 Å². The molecule has 2 heterocycles. The normalized spacial score (nSPS) is 21.3. The zero-order valence-corrected chi connectivity index (χ0v) is 20.8. The molecule has 8 nitrogen and oxygen atoms in total. The van der Waals surface area contributed by atoms with Gasteiger partial charge in [-0.05, 0) is 44.4 Å². The van der Waals surface area contributed by atoms with Gasteiger partial charge < -0.3 is 29.0 Å². The number of carbonyl (C=O) groups excluding carboxylic acids is 2. The van der Waals surface area contributed by atoms with Crippen molar-refractivity contribution in [2.45, 2.75) is 70.0 Å². The summed E-state index contributed by atoms with van der Waals surface area (Å²) in [6.45, 7) is 3.18. The number of aromatic nitrogens is 1. The molecule has 1 atom stereocenters. The van der Waals surface area contributed by atoms with Crippen LogP contribution in [0.25, 0.3) is 10.9 Å². The van der Waals surface area contributed by atoms with Gasteiger partial charge in [0.25, 0.3) is 5.91 Å². The van der Waals surface area contributed by atoms with Crippen LogP contribution < -0.4 is 14.8 Å². The van der Waals surface area contributed by atoms with E-state index in [0.29, 0.717) is 43.3 Å². The van der Waals surface area contributed by atoms with Crippen LogP contribution in [-0.2, 0) is 16.1 Å². The summed E-state index contributed by atoms with van der Waals surface area (Å²) in [4.78, 5) is 29.4. The first-order valence-corrected chi connectivity index (χ1v) is 12.3. The summed E-state index contributed by atoms with van der Waals surface area (Å²) in [5.74, 6) is 1.05. The number of hydrogen-bond acceptors (Lipinski definition) is 5. The molecule has 2 aromatic rings. The van der Waals surface area contributed by atoms with E-state index in [2.05, 4.69) is 5.32 Å². The first-order valence-electron chi connectivity index (χ1n) is 12.3. The van der Waals surface area contributed by atoms with Gasteiger partial charge in [0.2, 0.25) is 5.91 Å². The van der Waals surface area contributed by atoms with Crippen LogP contribution in [0.3, 0.4) is 0 Å². The lowest BCUT2D eigenvalue weighted by molar-refractivity contribution is -0.133. The Balaban J connectivity index is 1.76. The number of carbonyl (C=O) groups is 2. The van der Waals surface area contributed by atoms with E-state index in [9.17, 15) is 9.59 Å². The standard InChI is InChI=1S/C26H37N3O5/c1-26(25(31)27-18-10-7-5-6-8-11-18)17-28-20(24(30)29(26)14-9-15-32-2)16-19-21(33-3)12-13-22(34-4)23(19)28/h12-13,16,18H,5-11,14-15,17H2,1-4H3,(H,27,31)/t26-/m1/s1.